The van der Waals surface area contributed by atoms with E-state index in [1.807, 2.05) is 6.07 Å². The third kappa shape index (κ3) is 4.35. The van der Waals surface area contributed by atoms with Crippen molar-refractivity contribution in [1.29, 1.82) is 0 Å². The maximum atomic E-state index is 11.7. The molecule has 1 heterocycles. The minimum atomic E-state index is -0.403. The van der Waals surface area contributed by atoms with Gasteiger partial charge in [0, 0.05) is 24.2 Å². The van der Waals surface area contributed by atoms with Gasteiger partial charge in [-0.3, -0.25) is 4.79 Å². The zero-order chi connectivity index (χ0) is 15.2. The maximum absolute atomic E-state index is 11.7. The van der Waals surface area contributed by atoms with E-state index in [2.05, 4.69) is 17.1 Å². The van der Waals surface area contributed by atoms with Crippen molar-refractivity contribution < 1.29 is 4.79 Å². The van der Waals surface area contributed by atoms with Crippen LogP contribution >= 0.6 is 11.6 Å². The molecule has 1 aliphatic heterocycles. The van der Waals surface area contributed by atoms with Gasteiger partial charge in [0.05, 0.1) is 11.3 Å². The predicted molar refractivity (Wildman–Crippen MR) is 88.1 cm³/mol. The summed E-state index contributed by atoms with van der Waals surface area (Å²) in [6, 6.07) is 5.75. The first-order chi connectivity index (χ1) is 10.1. The van der Waals surface area contributed by atoms with Crippen molar-refractivity contribution >= 4 is 23.2 Å². The number of rotatable bonds is 6. The molecule has 1 saturated heterocycles. The molecule has 1 aromatic rings. The van der Waals surface area contributed by atoms with Gasteiger partial charge < -0.3 is 16.0 Å². The number of hydrogen-bond acceptors (Lipinski definition) is 3. The lowest BCUT2D eigenvalue weighted by atomic mass is 10.0. The quantitative estimate of drug-likeness (QED) is 0.849. The fourth-order valence-electron chi connectivity index (χ4n) is 2.90. The van der Waals surface area contributed by atoms with Gasteiger partial charge in [-0.25, -0.2) is 0 Å². The lowest BCUT2D eigenvalue weighted by molar-refractivity contribution is 0.100. The molecule has 1 unspecified atom stereocenters. The maximum Gasteiger partial charge on any atom is 0.250 e. The van der Waals surface area contributed by atoms with Gasteiger partial charge in [0.2, 0.25) is 0 Å². The number of piperidine rings is 1. The molecule has 0 radical (unpaired) electrons. The molecule has 1 atom stereocenters. The normalized spacial score (nSPS) is 18.5. The molecule has 0 bridgehead atoms. The van der Waals surface area contributed by atoms with Gasteiger partial charge in [-0.2, -0.15) is 0 Å². The van der Waals surface area contributed by atoms with E-state index in [9.17, 15) is 4.79 Å². The minimum absolute atomic E-state index is 0.403. The van der Waals surface area contributed by atoms with Crippen LogP contribution in [-0.4, -0.2) is 31.6 Å². The Morgan fingerprint density at radius 2 is 2.29 bits per heavy atom. The Hall–Kier alpha value is -1.26. The van der Waals surface area contributed by atoms with Gasteiger partial charge in [0.25, 0.3) is 5.91 Å². The van der Waals surface area contributed by atoms with Crippen molar-refractivity contribution in [2.45, 2.75) is 38.6 Å². The van der Waals surface area contributed by atoms with Crippen molar-refractivity contribution in [2.75, 3.05) is 24.5 Å². The van der Waals surface area contributed by atoms with Crippen LogP contribution in [0.15, 0.2) is 18.2 Å². The fourth-order valence-corrected chi connectivity index (χ4v) is 3.07. The highest BCUT2D eigenvalue weighted by molar-refractivity contribution is 6.31. The summed E-state index contributed by atoms with van der Waals surface area (Å²) < 4.78 is 0. The van der Waals surface area contributed by atoms with E-state index in [0.29, 0.717) is 16.6 Å². The van der Waals surface area contributed by atoms with E-state index in [4.69, 9.17) is 17.3 Å². The van der Waals surface area contributed by atoms with E-state index < -0.39 is 5.91 Å². The summed E-state index contributed by atoms with van der Waals surface area (Å²) in [5, 5.41) is 4.18. The number of nitrogens with one attached hydrogen (secondary N) is 1. The van der Waals surface area contributed by atoms with E-state index in [-0.39, 0.29) is 0 Å². The van der Waals surface area contributed by atoms with Crippen LogP contribution in [0.25, 0.3) is 0 Å². The zero-order valence-corrected chi connectivity index (χ0v) is 13.3. The second-order valence-corrected chi connectivity index (χ2v) is 6.06. The molecule has 1 aliphatic rings. The Morgan fingerprint density at radius 3 is 2.90 bits per heavy atom. The second-order valence-electron chi connectivity index (χ2n) is 5.62. The van der Waals surface area contributed by atoms with Crippen molar-refractivity contribution in [3.63, 3.8) is 0 Å². The minimum Gasteiger partial charge on any atom is -0.369 e. The molecular formula is C16H24ClN3O. The lowest BCUT2D eigenvalue weighted by Gasteiger charge is -2.33. The van der Waals surface area contributed by atoms with Crippen LogP contribution in [0.2, 0.25) is 5.02 Å². The van der Waals surface area contributed by atoms with Crippen LogP contribution in [0.3, 0.4) is 0 Å². The average Bonchev–Trinajstić information content (AvgIpc) is 2.47. The van der Waals surface area contributed by atoms with Crippen molar-refractivity contribution in [2.24, 2.45) is 5.73 Å². The first kappa shape index (κ1) is 16.1. The van der Waals surface area contributed by atoms with Crippen LogP contribution in [0.4, 0.5) is 5.69 Å². The number of carbonyl (C=O) groups is 1. The second kappa shape index (κ2) is 7.66. The molecule has 1 amide bonds. The summed E-state index contributed by atoms with van der Waals surface area (Å²) in [5.74, 6) is -0.403. The van der Waals surface area contributed by atoms with Crippen LogP contribution < -0.4 is 16.0 Å². The third-order valence-electron chi connectivity index (χ3n) is 3.91. The molecule has 0 aromatic heterocycles. The highest BCUT2D eigenvalue weighted by atomic mass is 35.5. The van der Waals surface area contributed by atoms with Crippen molar-refractivity contribution in [1.82, 2.24) is 5.32 Å². The molecular weight excluding hydrogens is 286 g/mol. The Morgan fingerprint density at radius 1 is 1.48 bits per heavy atom. The number of nitrogens with two attached hydrogens (primary N) is 1. The number of carbonyl (C=O) groups excluding carboxylic acids is 1. The van der Waals surface area contributed by atoms with Gasteiger partial charge >= 0.3 is 0 Å². The number of anilines is 1. The van der Waals surface area contributed by atoms with Crippen LogP contribution in [0, 0.1) is 0 Å². The molecule has 116 valence electrons. The molecule has 0 saturated carbocycles. The standard InChI is InChI=1S/C16H24ClN3O/c1-2-9-20(11-13-5-3-4-8-19-13)15-10-12(17)6-7-14(15)16(18)21/h6-7,10,13,19H,2-5,8-9,11H2,1H3,(H2,18,21). The van der Waals surface area contributed by atoms with Gasteiger partial charge in [-0.1, -0.05) is 24.9 Å². The largest absolute Gasteiger partial charge is 0.369 e. The first-order valence-electron chi connectivity index (χ1n) is 7.69. The highest BCUT2D eigenvalue weighted by Crippen LogP contribution is 2.26. The van der Waals surface area contributed by atoms with Crippen LogP contribution in [-0.2, 0) is 0 Å². The fraction of sp³-hybridized carbons (Fsp3) is 0.562. The SMILES string of the molecule is CCCN(CC1CCCCN1)c1cc(Cl)ccc1C(N)=O. The molecule has 5 heteroatoms. The average molecular weight is 310 g/mol. The zero-order valence-electron chi connectivity index (χ0n) is 12.6. The van der Waals surface area contributed by atoms with Crippen LogP contribution in [0.5, 0.6) is 0 Å². The van der Waals surface area contributed by atoms with E-state index in [1.54, 1.807) is 12.1 Å². The molecule has 2 rings (SSSR count). The van der Waals surface area contributed by atoms with Crippen molar-refractivity contribution in [3.05, 3.63) is 28.8 Å². The molecule has 0 spiro atoms. The number of amides is 1. The Balaban J connectivity index is 2.23. The summed E-state index contributed by atoms with van der Waals surface area (Å²) in [7, 11) is 0. The van der Waals surface area contributed by atoms with E-state index in [1.165, 1.54) is 19.3 Å². The lowest BCUT2D eigenvalue weighted by Crippen LogP contribution is -2.44. The molecule has 21 heavy (non-hydrogen) atoms. The molecule has 4 nitrogen and oxygen atoms in total. The highest BCUT2D eigenvalue weighted by Gasteiger charge is 2.20. The number of halogens is 1. The number of nitrogens with zero attached hydrogens (tertiary/aromatic N) is 1. The summed E-state index contributed by atoms with van der Waals surface area (Å²) in [4.78, 5) is 13.9. The smallest absolute Gasteiger partial charge is 0.250 e. The van der Waals surface area contributed by atoms with E-state index >= 15 is 0 Å². The number of primary amides is 1. The number of benzene rings is 1. The molecule has 0 aliphatic carbocycles. The summed E-state index contributed by atoms with van der Waals surface area (Å²) in [5.41, 5.74) is 6.90. The third-order valence-corrected chi connectivity index (χ3v) is 4.15. The van der Waals surface area contributed by atoms with Crippen molar-refractivity contribution in [3.8, 4) is 0 Å². The van der Waals surface area contributed by atoms with Gasteiger partial charge in [-0.05, 0) is 44.0 Å². The molecule has 1 aromatic carbocycles. The summed E-state index contributed by atoms with van der Waals surface area (Å²) in [6.45, 7) is 4.98. The van der Waals surface area contributed by atoms with Gasteiger partial charge in [-0.15, -0.1) is 0 Å². The first-order valence-corrected chi connectivity index (χ1v) is 8.07. The monoisotopic (exact) mass is 309 g/mol. The topological polar surface area (TPSA) is 58.4 Å². The van der Waals surface area contributed by atoms with E-state index in [0.717, 1.165) is 31.7 Å². The molecule has 1 fully saturated rings. The van der Waals surface area contributed by atoms with Gasteiger partial charge in [0.15, 0.2) is 0 Å². The van der Waals surface area contributed by atoms with Gasteiger partial charge in [0.1, 0.15) is 0 Å². The summed E-state index contributed by atoms with van der Waals surface area (Å²) >= 11 is 6.11. The number of hydrogen-bond donors (Lipinski definition) is 2. The predicted octanol–water partition coefficient (Wildman–Crippen LogP) is 2.80. The molecule has 3 N–H and O–H groups in total. The van der Waals surface area contributed by atoms with Crippen LogP contribution in [0.1, 0.15) is 43.0 Å². The Bertz CT molecular complexity index is 486. The Kier molecular flexibility index (Phi) is 5.88. The Labute approximate surface area is 131 Å². The summed E-state index contributed by atoms with van der Waals surface area (Å²) in [6.07, 6.45) is 4.69.